The summed E-state index contributed by atoms with van der Waals surface area (Å²) in [5.74, 6) is 0.0913. The van der Waals surface area contributed by atoms with Crippen molar-refractivity contribution in [3.05, 3.63) is 71.9 Å². The smallest absolute Gasteiger partial charge is 0.461 e. The Kier molecular flexibility index (Phi) is 7.50. The van der Waals surface area contributed by atoms with Crippen LogP contribution in [-0.4, -0.2) is 12.6 Å². The van der Waals surface area contributed by atoms with Crippen LogP contribution in [0.4, 0.5) is 0 Å². The van der Waals surface area contributed by atoms with Crippen LogP contribution < -0.4 is 14.1 Å². The fourth-order valence-corrected chi connectivity index (χ4v) is 3.62. The predicted octanol–water partition coefficient (Wildman–Crippen LogP) is 5.09. The molecule has 2 rings (SSSR count). The molecule has 0 radical (unpaired) electrons. The highest BCUT2D eigenvalue weighted by molar-refractivity contribution is 7.52. The summed E-state index contributed by atoms with van der Waals surface area (Å²) in [6, 6.07) is 17.3. The van der Waals surface area contributed by atoms with Crippen LogP contribution in [0, 0.1) is 0 Å². The molecule has 0 unspecified atom stereocenters. The summed E-state index contributed by atoms with van der Waals surface area (Å²) in [5, 5.41) is 2.68. The average molecular weight is 389 g/mol. The maximum Gasteiger partial charge on any atom is 0.541 e. The zero-order chi connectivity index (χ0) is 19.7. The van der Waals surface area contributed by atoms with Gasteiger partial charge < -0.3 is 13.8 Å². The number of esters is 1. The third kappa shape index (κ3) is 6.19. The van der Waals surface area contributed by atoms with Gasteiger partial charge in [0.1, 0.15) is 17.2 Å². The van der Waals surface area contributed by atoms with Gasteiger partial charge in [0.05, 0.1) is 6.61 Å². The van der Waals surface area contributed by atoms with Gasteiger partial charge in [0.25, 0.3) is 0 Å². The summed E-state index contributed by atoms with van der Waals surface area (Å²) in [4.78, 5) is 12.4. The van der Waals surface area contributed by atoms with Crippen LogP contribution in [0.1, 0.15) is 27.2 Å². The Morgan fingerprint density at radius 2 is 1.41 bits per heavy atom. The number of hydrogen-bond acceptors (Lipinski definition) is 5. The summed E-state index contributed by atoms with van der Waals surface area (Å²) in [5.41, 5.74) is 0.761. The van der Waals surface area contributed by atoms with Crippen LogP contribution in [0.5, 0.6) is 11.5 Å². The Labute approximate surface area is 159 Å². The van der Waals surface area contributed by atoms with Gasteiger partial charge in [-0.15, -0.1) is 0 Å². The van der Waals surface area contributed by atoms with Crippen molar-refractivity contribution in [2.24, 2.45) is 0 Å². The molecule has 0 aliphatic carbocycles. The van der Waals surface area contributed by atoms with Gasteiger partial charge in [-0.2, -0.15) is 0 Å². The number of ether oxygens (including phenoxy) is 1. The lowest BCUT2D eigenvalue weighted by atomic mass is 10.2. The molecule has 0 amide bonds. The molecule has 1 N–H and O–H groups in total. The van der Waals surface area contributed by atoms with Crippen molar-refractivity contribution >= 4 is 13.7 Å². The van der Waals surface area contributed by atoms with Crippen LogP contribution in [0.15, 0.2) is 71.9 Å². The summed E-state index contributed by atoms with van der Waals surface area (Å²) in [6.45, 7) is 5.55. The van der Waals surface area contributed by atoms with E-state index in [1.165, 1.54) is 0 Å². The van der Waals surface area contributed by atoms with Crippen molar-refractivity contribution in [3.8, 4) is 11.5 Å². The molecule has 0 aliphatic rings. The first-order valence-electron chi connectivity index (χ1n) is 8.72. The van der Waals surface area contributed by atoms with Gasteiger partial charge in [-0.3, -0.25) is 5.09 Å². The summed E-state index contributed by atoms with van der Waals surface area (Å²) in [7, 11) is -3.97. The SMILES string of the molecule is CCOC(=O)C(NP(=O)(Oc1ccccc1)Oc1ccccc1)=C(C)CC. The molecule has 27 heavy (non-hydrogen) atoms. The van der Waals surface area contributed by atoms with Crippen molar-refractivity contribution in [2.45, 2.75) is 27.2 Å². The van der Waals surface area contributed by atoms with Crippen molar-refractivity contribution in [1.29, 1.82) is 0 Å². The molecule has 144 valence electrons. The lowest BCUT2D eigenvalue weighted by molar-refractivity contribution is -0.138. The minimum atomic E-state index is -3.97. The minimum Gasteiger partial charge on any atom is -0.461 e. The summed E-state index contributed by atoms with van der Waals surface area (Å²) in [6.07, 6.45) is 0.567. The van der Waals surface area contributed by atoms with Crippen molar-refractivity contribution < 1.29 is 23.1 Å². The molecular weight excluding hydrogens is 365 g/mol. The first-order valence-corrected chi connectivity index (χ1v) is 10.3. The third-order valence-electron chi connectivity index (χ3n) is 3.62. The number of nitrogens with one attached hydrogen (secondary N) is 1. The van der Waals surface area contributed by atoms with Crippen LogP contribution in [0.25, 0.3) is 0 Å². The second-order valence-electron chi connectivity index (χ2n) is 5.65. The van der Waals surface area contributed by atoms with E-state index in [0.29, 0.717) is 23.5 Å². The van der Waals surface area contributed by atoms with Gasteiger partial charge in [0, 0.05) is 0 Å². The molecule has 7 heteroatoms. The largest absolute Gasteiger partial charge is 0.541 e. The number of carbonyl (C=O) groups is 1. The Morgan fingerprint density at radius 1 is 0.926 bits per heavy atom. The molecule has 0 heterocycles. The summed E-state index contributed by atoms with van der Waals surface area (Å²) < 4.78 is 29.9. The Bertz CT molecular complexity index is 775. The second kappa shape index (κ2) is 9.83. The minimum absolute atomic E-state index is 0.0783. The predicted molar refractivity (Wildman–Crippen MR) is 105 cm³/mol. The molecule has 2 aromatic rings. The Morgan fingerprint density at radius 3 is 1.81 bits per heavy atom. The van der Waals surface area contributed by atoms with E-state index in [-0.39, 0.29) is 12.3 Å². The lowest BCUT2D eigenvalue weighted by Gasteiger charge is -2.22. The van der Waals surface area contributed by atoms with E-state index in [9.17, 15) is 9.36 Å². The molecule has 0 spiro atoms. The fraction of sp³-hybridized carbons (Fsp3) is 0.250. The first kappa shape index (κ1) is 20.6. The highest BCUT2D eigenvalue weighted by Crippen LogP contribution is 2.46. The van der Waals surface area contributed by atoms with Gasteiger partial charge >= 0.3 is 13.7 Å². The highest BCUT2D eigenvalue weighted by atomic mass is 31.2. The van der Waals surface area contributed by atoms with E-state index in [2.05, 4.69) is 5.09 Å². The number of carbonyl (C=O) groups excluding carboxylic acids is 1. The number of rotatable bonds is 9. The van der Waals surface area contributed by atoms with Crippen molar-refractivity contribution in [1.82, 2.24) is 5.09 Å². The van der Waals surface area contributed by atoms with Crippen LogP contribution in [0.3, 0.4) is 0 Å². The third-order valence-corrected chi connectivity index (χ3v) is 5.02. The maximum absolute atomic E-state index is 13.5. The van der Waals surface area contributed by atoms with E-state index in [4.69, 9.17) is 13.8 Å². The van der Waals surface area contributed by atoms with Crippen LogP contribution >= 0.6 is 7.75 Å². The lowest BCUT2D eigenvalue weighted by Crippen LogP contribution is -2.26. The summed E-state index contributed by atoms with van der Waals surface area (Å²) >= 11 is 0. The van der Waals surface area contributed by atoms with E-state index < -0.39 is 13.7 Å². The van der Waals surface area contributed by atoms with Crippen molar-refractivity contribution in [3.63, 3.8) is 0 Å². The number of allylic oxidation sites excluding steroid dienone is 1. The fourth-order valence-electron chi connectivity index (χ4n) is 2.14. The van der Waals surface area contributed by atoms with Crippen LogP contribution in [0.2, 0.25) is 0 Å². The average Bonchev–Trinajstić information content (AvgIpc) is 2.67. The number of para-hydroxylation sites is 2. The van der Waals surface area contributed by atoms with Gasteiger partial charge in [-0.25, -0.2) is 9.36 Å². The highest BCUT2D eigenvalue weighted by Gasteiger charge is 2.33. The molecule has 0 saturated carbocycles. The molecule has 0 aromatic heterocycles. The molecule has 0 atom stereocenters. The van der Waals surface area contributed by atoms with Gasteiger partial charge in [-0.1, -0.05) is 43.3 Å². The van der Waals surface area contributed by atoms with Gasteiger partial charge in [0.2, 0.25) is 0 Å². The molecule has 2 aromatic carbocycles. The van der Waals surface area contributed by atoms with E-state index in [1.54, 1.807) is 62.4 Å². The zero-order valence-corrected chi connectivity index (χ0v) is 16.6. The van der Waals surface area contributed by atoms with E-state index in [0.717, 1.165) is 0 Å². The molecule has 0 aliphatic heterocycles. The molecule has 0 saturated heterocycles. The van der Waals surface area contributed by atoms with Crippen molar-refractivity contribution in [2.75, 3.05) is 6.61 Å². The van der Waals surface area contributed by atoms with Gasteiger partial charge in [0.15, 0.2) is 0 Å². The monoisotopic (exact) mass is 389 g/mol. The second-order valence-corrected chi connectivity index (χ2v) is 7.23. The number of benzene rings is 2. The zero-order valence-electron chi connectivity index (χ0n) is 15.7. The first-order chi connectivity index (χ1) is 13.0. The topological polar surface area (TPSA) is 73.9 Å². The molecular formula is C20H24NO5P. The van der Waals surface area contributed by atoms with Gasteiger partial charge in [-0.05, 0) is 50.1 Å². The quantitative estimate of drug-likeness (QED) is 0.366. The number of hydrogen-bond donors (Lipinski definition) is 1. The Balaban J connectivity index is 2.38. The van der Waals surface area contributed by atoms with E-state index >= 15 is 0 Å². The van der Waals surface area contributed by atoms with E-state index in [1.807, 2.05) is 19.1 Å². The molecule has 0 fully saturated rings. The molecule has 6 nitrogen and oxygen atoms in total. The van der Waals surface area contributed by atoms with Crippen LogP contribution in [-0.2, 0) is 14.1 Å². The standard InChI is InChI=1S/C20H24NO5P/c1-4-16(3)19(20(22)24-5-2)21-27(23,25-17-12-8-6-9-13-17)26-18-14-10-7-11-15-18/h6-15H,4-5H2,1-3H3,(H,21,23). The normalized spacial score (nSPS) is 12.0. The molecule has 0 bridgehead atoms. The maximum atomic E-state index is 13.5. The Hall–Kier alpha value is -2.72.